The monoisotopic (exact) mass is 500 g/mol. The van der Waals surface area contributed by atoms with E-state index >= 15 is 0 Å². The van der Waals surface area contributed by atoms with Crippen LogP contribution in [0.5, 0.6) is 0 Å². The van der Waals surface area contributed by atoms with E-state index in [1.165, 1.54) is 12.4 Å². The average molecular weight is 501 g/mol. The van der Waals surface area contributed by atoms with E-state index in [2.05, 4.69) is 48.6 Å². The molecule has 0 spiro atoms. The topological polar surface area (TPSA) is 109 Å². The minimum Gasteiger partial charge on any atom is -0.382 e. The Bertz CT molecular complexity index is 1390. The van der Waals surface area contributed by atoms with Gasteiger partial charge >= 0.3 is 0 Å². The zero-order valence-electron chi connectivity index (χ0n) is 21.5. The number of nitrogens with one attached hydrogen (secondary N) is 3. The summed E-state index contributed by atoms with van der Waals surface area (Å²) in [6, 6.07) is 7.97. The van der Waals surface area contributed by atoms with Gasteiger partial charge < -0.3 is 25.6 Å². The summed E-state index contributed by atoms with van der Waals surface area (Å²) in [7, 11) is 7.56. The van der Waals surface area contributed by atoms with E-state index in [-0.39, 0.29) is 5.91 Å². The van der Waals surface area contributed by atoms with Gasteiger partial charge in [0.1, 0.15) is 18.2 Å². The van der Waals surface area contributed by atoms with Gasteiger partial charge in [0.25, 0.3) is 0 Å². The van der Waals surface area contributed by atoms with Crippen molar-refractivity contribution in [2.75, 3.05) is 39.6 Å². The number of nitrogens with zero attached hydrogens (tertiary/aromatic N) is 5. The molecule has 0 fully saturated rings. The Balaban J connectivity index is 1.65. The van der Waals surface area contributed by atoms with E-state index in [9.17, 15) is 4.79 Å². The molecule has 1 amide bonds. The fraction of sp³-hybridized carbons (Fsp3) is 0.259. The Morgan fingerprint density at radius 2 is 2.08 bits per heavy atom. The first-order chi connectivity index (χ1) is 17.9. The van der Waals surface area contributed by atoms with Gasteiger partial charge in [0.15, 0.2) is 0 Å². The maximum Gasteiger partial charge on any atom is 0.247 e. The smallest absolute Gasteiger partial charge is 0.247 e. The molecular weight excluding hydrogens is 468 g/mol. The number of aryl methyl sites for hydroxylation is 1. The van der Waals surface area contributed by atoms with Crippen LogP contribution < -0.4 is 16.0 Å². The van der Waals surface area contributed by atoms with Crippen molar-refractivity contribution in [2.45, 2.75) is 6.10 Å². The zero-order chi connectivity index (χ0) is 26.4. The molecule has 1 unspecified atom stereocenters. The van der Waals surface area contributed by atoms with E-state index in [4.69, 9.17) is 4.74 Å². The third kappa shape index (κ3) is 6.29. The summed E-state index contributed by atoms with van der Waals surface area (Å²) in [5, 5.41) is 15.0. The number of hydrogen-bond acceptors (Lipinski definition) is 8. The first kappa shape index (κ1) is 25.8. The third-order valence-electron chi connectivity index (χ3n) is 5.89. The number of likely N-dealkylation sites (N-methyl/N-ethyl adjacent to an activating group) is 1. The van der Waals surface area contributed by atoms with Gasteiger partial charge in [0.2, 0.25) is 5.91 Å². The van der Waals surface area contributed by atoms with Gasteiger partial charge in [-0.3, -0.25) is 9.48 Å². The molecule has 2 aromatic heterocycles. The zero-order valence-corrected chi connectivity index (χ0v) is 21.5. The van der Waals surface area contributed by atoms with E-state index in [1.807, 2.05) is 68.4 Å². The van der Waals surface area contributed by atoms with Crippen molar-refractivity contribution in [3.05, 3.63) is 84.8 Å². The van der Waals surface area contributed by atoms with Gasteiger partial charge in [0.05, 0.1) is 34.5 Å². The number of fused-ring (bicyclic) bond motifs is 1. The summed E-state index contributed by atoms with van der Waals surface area (Å²) in [4.78, 5) is 23.2. The van der Waals surface area contributed by atoms with Crippen LogP contribution in [-0.2, 0) is 16.6 Å². The quantitative estimate of drug-likeness (QED) is 0.365. The second-order valence-corrected chi connectivity index (χ2v) is 8.82. The van der Waals surface area contributed by atoms with Gasteiger partial charge in [-0.1, -0.05) is 12.6 Å². The number of ether oxygens (including phenoxy) is 1. The van der Waals surface area contributed by atoms with Crippen molar-refractivity contribution in [1.29, 1.82) is 0 Å². The minimum absolute atomic E-state index is 0.308. The molecule has 4 rings (SSSR count). The first-order valence-electron chi connectivity index (χ1n) is 11.9. The van der Waals surface area contributed by atoms with Crippen LogP contribution in [0, 0.1) is 0 Å². The molecule has 0 bridgehead atoms. The lowest BCUT2D eigenvalue weighted by Crippen LogP contribution is -2.29. The van der Waals surface area contributed by atoms with E-state index < -0.39 is 6.10 Å². The van der Waals surface area contributed by atoms with Crippen molar-refractivity contribution in [2.24, 2.45) is 7.05 Å². The SMILES string of the molecule is C=CC(=O)NC1=C(NCCN(C)C)C=CC(OC)C(Nc2cc(-c3ccc4c(cnn4C)c3)ncn2)=C1. The Labute approximate surface area is 216 Å². The summed E-state index contributed by atoms with van der Waals surface area (Å²) in [6.07, 6.45) is 9.87. The second-order valence-electron chi connectivity index (χ2n) is 8.82. The number of hydrogen-bond donors (Lipinski definition) is 3. The molecule has 10 heteroatoms. The predicted molar refractivity (Wildman–Crippen MR) is 145 cm³/mol. The lowest BCUT2D eigenvalue weighted by atomic mass is 10.1. The molecule has 1 aliphatic rings. The Kier molecular flexibility index (Phi) is 8.11. The largest absolute Gasteiger partial charge is 0.382 e. The number of allylic oxidation sites excluding steroid dienone is 2. The van der Waals surface area contributed by atoms with Crippen molar-refractivity contribution in [3.63, 3.8) is 0 Å². The highest BCUT2D eigenvalue weighted by molar-refractivity contribution is 5.89. The lowest BCUT2D eigenvalue weighted by Gasteiger charge is -2.17. The van der Waals surface area contributed by atoms with Crippen molar-refractivity contribution in [3.8, 4) is 11.3 Å². The van der Waals surface area contributed by atoms with Gasteiger partial charge in [-0.05, 0) is 50.5 Å². The van der Waals surface area contributed by atoms with Crippen molar-refractivity contribution < 1.29 is 9.53 Å². The van der Waals surface area contributed by atoms with Crippen LogP contribution in [0.4, 0.5) is 5.82 Å². The molecule has 0 saturated heterocycles. The Morgan fingerprint density at radius 3 is 2.84 bits per heavy atom. The van der Waals surface area contributed by atoms with E-state index in [0.717, 1.165) is 34.4 Å². The Hall–Kier alpha value is -4.28. The molecule has 37 heavy (non-hydrogen) atoms. The molecule has 1 atom stereocenters. The Morgan fingerprint density at radius 1 is 1.24 bits per heavy atom. The van der Waals surface area contributed by atoms with Gasteiger partial charge in [0, 0.05) is 44.3 Å². The van der Waals surface area contributed by atoms with Gasteiger partial charge in [-0.15, -0.1) is 0 Å². The molecule has 10 nitrogen and oxygen atoms in total. The molecule has 3 aromatic rings. The summed E-state index contributed by atoms with van der Waals surface area (Å²) in [6.45, 7) is 5.10. The highest BCUT2D eigenvalue weighted by atomic mass is 16.5. The summed E-state index contributed by atoms with van der Waals surface area (Å²) < 4.78 is 7.56. The molecule has 2 heterocycles. The third-order valence-corrected chi connectivity index (χ3v) is 5.89. The van der Waals surface area contributed by atoms with Gasteiger partial charge in [-0.2, -0.15) is 5.10 Å². The highest BCUT2D eigenvalue weighted by Gasteiger charge is 2.18. The van der Waals surface area contributed by atoms with E-state index in [1.54, 1.807) is 7.11 Å². The first-order valence-corrected chi connectivity index (χ1v) is 11.9. The molecule has 3 N–H and O–H groups in total. The molecule has 0 aliphatic heterocycles. The van der Waals surface area contributed by atoms with Crippen LogP contribution in [-0.4, -0.2) is 71.0 Å². The van der Waals surface area contributed by atoms with Crippen LogP contribution in [0.1, 0.15) is 0 Å². The molecule has 192 valence electrons. The normalized spacial score (nSPS) is 15.5. The molecule has 0 radical (unpaired) electrons. The predicted octanol–water partition coefficient (Wildman–Crippen LogP) is 2.58. The summed E-state index contributed by atoms with van der Waals surface area (Å²) >= 11 is 0. The molecular formula is C27H32N8O2. The van der Waals surface area contributed by atoms with Crippen molar-refractivity contribution in [1.82, 2.24) is 35.3 Å². The maximum atomic E-state index is 12.2. The number of carbonyl (C=O) groups is 1. The fourth-order valence-electron chi connectivity index (χ4n) is 3.92. The number of anilines is 1. The van der Waals surface area contributed by atoms with Crippen LogP contribution >= 0.6 is 0 Å². The number of aromatic nitrogens is 4. The molecule has 0 saturated carbocycles. The summed E-state index contributed by atoms with van der Waals surface area (Å²) in [5.74, 6) is 0.285. The molecule has 1 aromatic carbocycles. The highest BCUT2D eigenvalue weighted by Crippen LogP contribution is 2.25. The number of rotatable bonds is 10. The van der Waals surface area contributed by atoms with Crippen molar-refractivity contribution >= 4 is 22.6 Å². The van der Waals surface area contributed by atoms with Crippen LogP contribution in [0.2, 0.25) is 0 Å². The number of methoxy groups -OCH3 is 1. The van der Waals surface area contributed by atoms with Crippen LogP contribution in [0.3, 0.4) is 0 Å². The maximum absolute atomic E-state index is 12.2. The average Bonchev–Trinajstić information content (AvgIpc) is 3.18. The summed E-state index contributed by atoms with van der Waals surface area (Å²) in [5.41, 5.74) is 4.83. The van der Waals surface area contributed by atoms with E-state index in [0.29, 0.717) is 23.8 Å². The van der Waals surface area contributed by atoms with Gasteiger partial charge in [-0.25, -0.2) is 9.97 Å². The molecule has 1 aliphatic carbocycles. The lowest BCUT2D eigenvalue weighted by molar-refractivity contribution is -0.115. The van der Waals surface area contributed by atoms with Crippen LogP contribution in [0.15, 0.2) is 84.8 Å². The second kappa shape index (κ2) is 11.6. The number of amides is 1. The fourth-order valence-corrected chi connectivity index (χ4v) is 3.92. The standard InChI is InChI=1S/C27H32N8O2/c1-6-27(36)33-22-14-23(25(37-5)10-8-20(22)28-11-12-34(2)3)32-26-15-21(29-17-30-26)18-7-9-24-19(13-18)16-31-35(24)4/h6-10,13-17,25,28H,1,11-12H2,2-5H3,(H,33,36)(H,29,30,32). The number of benzene rings is 1. The number of carbonyl (C=O) groups excluding carboxylic acids is 1. The van der Waals surface area contributed by atoms with Crippen LogP contribution in [0.25, 0.3) is 22.2 Å². The minimum atomic E-state index is -0.394.